The third-order valence-corrected chi connectivity index (χ3v) is 4.76. The van der Waals surface area contributed by atoms with E-state index in [-0.39, 0.29) is 5.91 Å². The first-order valence-corrected chi connectivity index (χ1v) is 8.21. The Morgan fingerprint density at radius 1 is 1.17 bits per heavy atom. The van der Waals surface area contributed by atoms with Gasteiger partial charge in [-0.3, -0.25) is 9.78 Å². The molecule has 0 N–H and O–H groups in total. The summed E-state index contributed by atoms with van der Waals surface area (Å²) in [7, 11) is 1.97. The van der Waals surface area contributed by atoms with E-state index in [0.717, 1.165) is 42.7 Å². The Bertz CT molecular complexity index is 875. The fraction of sp³-hybridized carbons (Fsp3) is 0.333. The van der Waals surface area contributed by atoms with E-state index in [1.807, 2.05) is 46.8 Å². The first-order chi connectivity index (χ1) is 11.7. The summed E-state index contributed by atoms with van der Waals surface area (Å²) >= 11 is 0. The van der Waals surface area contributed by atoms with E-state index in [1.54, 1.807) is 12.5 Å². The minimum Gasteiger partial charge on any atom is -0.339 e. The van der Waals surface area contributed by atoms with Crippen molar-refractivity contribution in [2.75, 3.05) is 13.1 Å². The van der Waals surface area contributed by atoms with Gasteiger partial charge in [0.15, 0.2) is 0 Å². The zero-order chi connectivity index (χ0) is 16.5. The molecule has 6 heteroatoms. The Hall–Kier alpha value is -2.76. The summed E-state index contributed by atoms with van der Waals surface area (Å²) in [4.78, 5) is 19.2. The lowest BCUT2D eigenvalue weighted by molar-refractivity contribution is 0.0712. The zero-order valence-corrected chi connectivity index (χ0v) is 13.6. The van der Waals surface area contributed by atoms with Gasteiger partial charge in [-0.15, -0.1) is 10.2 Å². The monoisotopic (exact) mass is 321 g/mol. The van der Waals surface area contributed by atoms with Gasteiger partial charge in [-0.05, 0) is 25.0 Å². The van der Waals surface area contributed by atoms with Crippen molar-refractivity contribution in [3.63, 3.8) is 0 Å². The normalized spacial score (nSPS) is 15.8. The van der Waals surface area contributed by atoms with Crippen molar-refractivity contribution < 1.29 is 4.79 Å². The molecule has 122 valence electrons. The summed E-state index contributed by atoms with van der Waals surface area (Å²) < 4.78 is 1.97. The number of fused-ring (bicyclic) bond motifs is 1. The number of hydrogen-bond donors (Lipinski definition) is 0. The predicted octanol–water partition coefficient (Wildman–Crippen LogP) is 2.38. The van der Waals surface area contributed by atoms with Crippen LogP contribution < -0.4 is 0 Å². The van der Waals surface area contributed by atoms with Crippen LogP contribution in [0.2, 0.25) is 0 Å². The van der Waals surface area contributed by atoms with Crippen LogP contribution in [0.4, 0.5) is 0 Å². The minimum atomic E-state index is 0.0655. The number of carbonyl (C=O) groups is 1. The number of pyridine rings is 1. The number of para-hydroxylation sites is 1. The molecule has 0 saturated carbocycles. The highest BCUT2D eigenvalue weighted by atomic mass is 16.2. The van der Waals surface area contributed by atoms with E-state index in [9.17, 15) is 4.79 Å². The Morgan fingerprint density at radius 2 is 1.96 bits per heavy atom. The first-order valence-electron chi connectivity index (χ1n) is 8.21. The van der Waals surface area contributed by atoms with E-state index in [2.05, 4.69) is 15.2 Å². The molecule has 6 nitrogen and oxygen atoms in total. The van der Waals surface area contributed by atoms with Crippen molar-refractivity contribution in [3.05, 3.63) is 54.2 Å². The van der Waals surface area contributed by atoms with Crippen molar-refractivity contribution >= 4 is 16.8 Å². The van der Waals surface area contributed by atoms with Crippen LogP contribution in [-0.2, 0) is 7.05 Å². The number of likely N-dealkylation sites (tertiary alicyclic amines) is 1. The van der Waals surface area contributed by atoms with Gasteiger partial charge in [0.1, 0.15) is 12.2 Å². The first kappa shape index (κ1) is 14.8. The Balaban J connectivity index is 1.53. The van der Waals surface area contributed by atoms with E-state index in [4.69, 9.17) is 0 Å². The summed E-state index contributed by atoms with van der Waals surface area (Å²) in [6, 6.07) is 9.65. The third-order valence-electron chi connectivity index (χ3n) is 4.76. The number of carbonyl (C=O) groups excluding carboxylic acids is 1. The van der Waals surface area contributed by atoms with Gasteiger partial charge >= 0.3 is 0 Å². The maximum Gasteiger partial charge on any atom is 0.256 e. The van der Waals surface area contributed by atoms with Crippen LogP contribution >= 0.6 is 0 Å². The number of aryl methyl sites for hydroxylation is 1. The van der Waals surface area contributed by atoms with E-state index in [1.165, 1.54) is 0 Å². The number of hydrogen-bond acceptors (Lipinski definition) is 4. The number of benzene rings is 1. The molecular formula is C18H19N5O. The second-order valence-electron chi connectivity index (χ2n) is 6.25. The molecule has 0 unspecified atom stereocenters. The molecule has 0 atom stereocenters. The van der Waals surface area contributed by atoms with Gasteiger partial charge in [0.2, 0.25) is 0 Å². The highest BCUT2D eigenvalue weighted by Gasteiger charge is 2.27. The fourth-order valence-electron chi connectivity index (χ4n) is 3.45. The molecule has 0 spiro atoms. The Morgan fingerprint density at radius 3 is 2.71 bits per heavy atom. The van der Waals surface area contributed by atoms with Crippen molar-refractivity contribution in [2.45, 2.75) is 18.8 Å². The molecule has 0 radical (unpaired) electrons. The summed E-state index contributed by atoms with van der Waals surface area (Å²) in [5.74, 6) is 1.44. The van der Waals surface area contributed by atoms with Crippen LogP contribution in [-0.4, -0.2) is 43.6 Å². The van der Waals surface area contributed by atoms with Crippen molar-refractivity contribution in [2.24, 2.45) is 7.05 Å². The summed E-state index contributed by atoms with van der Waals surface area (Å²) in [6.45, 7) is 1.47. The molecule has 0 bridgehead atoms. The van der Waals surface area contributed by atoms with Crippen LogP contribution in [0.5, 0.6) is 0 Å². The van der Waals surface area contributed by atoms with Crippen LogP contribution in [0.15, 0.2) is 42.9 Å². The highest BCUT2D eigenvalue weighted by molar-refractivity contribution is 6.05. The molecule has 3 aromatic rings. The largest absolute Gasteiger partial charge is 0.339 e. The lowest BCUT2D eigenvalue weighted by atomic mass is 9.95. The number of piperidine rings is 1. The lowest BCUT2D eigenvalue weighted by Gasteiger charge is -2.31. The van der Waals surface area contributed by atoms with E-state index in [0.29, 0.717) is 11.5 Å². The van der Waals surface area contributed by atoms with Gasteiger partial charge in [-0.25, -0.2) is 0 Å². The van der Waals surface area contributed by atoms with Gasteiger partial charge in [0.05, 0.1) is 11.1 Å². The Labute approximate surface area is 140 Å². The zero-order valence-electron chi connectivity index (χ0n) is 13.6. The van der Waals surface area contributed by atoms with Crippen LogP contribution in [0.25, 0.3) is 10.9 Å². The molecule has 1 aliphatic rings. The second kappa shape index (κ2) is 6.03. The van der Waals surface area contributed by atoms with Gasteiger partial charge in [-0.2, -0.15) is 0 Å². The average Bonchev–Trinajstić information content (AvgIpc) is 3.07. The maximum atomic E-state index is 12.9. The van der Waals surface area contributed by atoms with Crippen LogP contribution in [0, 0.1) is 0 Å². The summed E-state index contributed by atoms with van der Waals surface area (Å²) in [5, 5.41) is 9.16. The minimum absolute atomic E-state index is 0.0655. The molecule has 2 aromatic heterocycles. The van der Waals surface area contributed by atoms with Crippen molar-refractivity contribution in [3.8, 4) is 0 Å². The van der Waals surface area contributed by atoms with E-state index >= 15 is 0 Å². The number of aromatic nitrogens is 4. The molecular weight excluding hydrogens is 302 g/mol. The molecule has 4 rings (SSSR count). The van der Waals surface area contributed by atoms with Gasteiger partial charge in [0, 0.05) is 37.6 Å². The average molecular weight is 321 g/mol. The summed E-state index contributed by atoms with van der Waals surface area (Å²) in [5.41, 5.74) is 1.46. The van der Waals surface area contributed by atoms with Gasteiger partial charge < -0.3 is 9.47 Å². The van der Waals surface area contributed by atoms with Crippen molar-refractivity contribution in [1.29, 1.82) is 0 Å². The van der Waals surface area contributed by atoms with Crippen LogP contribution in [0.1, 0.15) is 34.9 Å². The number of nitrogens with zero attached hydrogens (tertiary/aromatic N) is 5. The fourth-order valence-corrected chi connectivity index (χ4v) is 3.45. The van der Waals surface area contributed by atoms with E-state index < -0.39 is 0 Å². The third kappa shape index (κ3) is 2.54. The maximum absolute atomic E-state index is 12.9. The van der Waals surface area contributed by atoms with Gasteiger partial charge in [-0.1, -0.05) is 18.2 Å². The molecule has 1 amide bonds. The SMILES string of the molecule is Cn1cnnc1C1CCN(C(=O)c2cccc3cccnc23)CC1. The molecule has 1 aromatic carbocycles. The highest BCUT2D eigenvalue weighted by Crippen LogP contribution is 2.27. The molecule has 1 aliphatic heterocycles. The topological polar surface area (TPSA) is 63.9 Å². The molecule has 1 fully saturated rings. The quantitative estimate of drug-likeness (QED) is 0.727. The van der Waals surface area contributed by atoms with Crippen LogP contribution in [0.3, 0.4) is 0 Å². The smallest absolute Gasteiger partial charge is 0.256 e. The number of amides is 1. The standard InChI is InChI=1S/C18H19N5O/c1-22-12-20-21-17(22)14-7-10-23(11-8-14)18(24)15-6-2-4-13-5-3-9-19-16(13)15/h2-6,9,12,14H,7-8,10-11H2,1H3. The molecule has 3 heterocycles. The Kier molecular flexibility index (Phi) is 3.72. The molecule has 24 heavy (non-hydrogen) atoms. The molecule has 1 saturated heterocycles. The number of rotatable bonds is 2. The predicted molar refractivity (Wildman–Crippen MR) is 90.6 cm³/mol. The second-order valence-corrected chi connectivity index (χ2v) is 6.25. The summed E-state index contributed by atoms with van der Waals surface area (Å²) in [6.07, 6.45) is 5.29. The van der Waals surface area contributed by atoms with Gasteiger partial charge in [0.25, 0.3) is 5.91 Å². The molecule has 0 aliphatic carbocycles. The lowest BCUT2D eigenvalue weighted by Crippen LogP contribution is -2.38. The van der Waals surface area contributed by atoms with Crippen molar-refractivity contribution in [1.82, 2.24) is 24.6 Å².